The molecule has 1 rings (SSSR count). The Hall–Kier alpha value is -1.59. The van der Waals surface area contributed by atoms with Gasteiger partial charge in [-0.3, -0.25) is 4.79 Å². The molecule has 19 heavy (non-hydrogen) atoms. The molecule has 1 aromatic rings. The van der Waals surface area contributed by atoms with Gasteiger partial charge >= 0.3 is 0 Å². The first-order valence-electron chi connectivity index (χ1n) is 6.44. The monoisotopic (exact) mass is 265 g/mol. The number of hydrogen-bond donors (Lipinski definition) is 2. The topological polar surface area (TPSA) is 67.6 Å². The maximum Gasteiger partial charge on any atom is 0.225 e. The Morgan fingerprint density at radius 3 is 2.63 bits per heavy atom. The zero-order valence-corrected chi connectivity index (χ0v) is 11.7. The maximum absolute atomic E-state index is 11.7. The largest absolute Gasteiger partial charge is 0.399 e. The molecule has 0 saturated carbocycles. The van der Waals surface area contributed by atoms with Crippen molar-refractivity contribution in [1.29, 1.82) is 0 Å². The highest BCUT2D eigenvalue weighted by Crippen LogP contribution is 2.10. The summed E-state index contributed by atoms with van der Waals surface area (Å²) in [6.45, 7) is 2.43. The zero-order chi connectivity index (χ0) is 14.1. The van der Waals surface area contributed by atoms with Gasteiger partial charge in [-0.15, -0.1) is 0 Å². The van der Waals surface area contributed by atoms with Crippen LogP contribution in [-0.2, 0) is 9.53 Å². The number of carbonyl (C=O) groups is 1. The Labute approximate surface area is 114 Å². The third-order valence-electron chi connectivity index (χ3n) is 2.80. The van der Waals surface area contributed by atoms with Crippen molar-refractivity contribution in [2.75, 3.05) is 44.9 Å². The first-order valence-corrected chi connectivity index (χ1v) is 6.44. The Balaban J connectivity index is 2.22. The molecule has 3 N–H and O–H groups in total. The Kier molecular flexibility index (Phi) is 6.92. The normalized spacial score (nSPS) is 10.7. The number of nitrogens with two attached hydrogens (primary N) is 1. The van der Waals surface area contributed by atoms with Crippen LogP contribution in [0, 0.1) is 0 Å². The van der Waals surface area contributed by atoms with Gasteiger partial charge in [0.2, 0.25) is 5.91 Å². The second kappa shape index (κ2) is 8.50. The van der Waals surface area contributed by atoms with Crippen molar-refractivity contribution in [3.05, 3.63) is 24.3 Å². The predicted octanol–water partition coefficient (Wildman–Crippen LogP) is 1.57. The number of nitrogens with zero attached hydrogens (tertiary/aromatic N) is 1. The van der Waals surface area contributed by atoms with Crippen LogP contribution >= 0.6 is 0 Å². The second-order valence-corrected chi connectivity index (χ2v) is 4.57. The van der Waals surface area contributed by atoms with Crippen molar-refractivity contribution >= 4 is 17.3 Å². The Bertz CT molecular complexity index is 379. The van der Waals surface area contributed by atoms with Crippen LogP contribution in [-0.4, -0.2) is 44.7 Å². The molecule has 0 aliphatic heterocycles. The molecule has 0 fully saturated rings. The minimum atomic E-state index is 0.0170. The molecule has 106 valence electrons. The van der Waals surface area contributed by atoms with Crippen LogP contribution in [0.2, 0.25) is 0 Å². The van der Waals surface area contributed by atoms with Gasteiger partial charge in [0.05, 0.1) is 0 Å². The van der Waals surface area contributed by atoms with Crippen LogP contribution in [0.5, 0.6) is 0 Å². The summed E-state index contributed by atoms with van der Waals surface area (Å²) < 4.78 is 4.99. The van der Waals surface area contributed by atoms with E-state index in [-0.39, 0.29) is 5.91 Å². The van der Waals surface area contributed by atoms with E-state index in [0.29, 0.717) is 12.1 Å². The summed E-state index contributed by atoms with van der Waals surface area (Å²) in [5, 5.41) is 2.85. The lowest BCUT2D eigenvalue weighted by Crippen LogP contribution is -2.25. The number of anilines is 2. The summed E-state index contributed by atoms with van der Waals surface area (Å²) in [7, 11) is 3.70. The molecule has 1 amide bonds. The zero-order valence-electron chi connectivity index (χ0n) is 11.7. The molecule has 0 radical (unpaired) electrons. The molecule has 0 unspecified atom stereocenters. The molecule has 0 saturated heterocycles. The third-order valence-corrected chi connectivity index (χ3v) is 2.80. The summed E-state index contributed by atoms with van der Waals surface area (Å²) in [4.78, 5) is 13.9. The van der Waals surface area contributed by atoms with E-state index in [1.165, 1.54) is 0 Å². The molecule has 1 aromatic carbocycles. The fourth-order valence-electron chi connectivity index (χ4n) is 1.67. The maximum atomic E-state index is 11.7. The molecule has 5 nitrogen and oxygen atoms in total. The standard InChI is InChI=1S/C14H23N3O2/c1-17(9-3-11-19-2)10-8-14(18)16-13-6-4-12(15)5-7-13/h4-7H,3,8-11,15H2,1-2H3,(H,16,18). The van der Waals surface area contributed by atoms with Crippen molar-refractivity contribution in [1.82, 2.24) is 4.90 Å². The molecular formula is C14H23N3O2. The lowest BCUT2D eigenvalue weighted by atomic mass is 10.2. The van der Waals surface area contributed by atoms with E-state index in [1.807, 2.05) is 7.05 Å². The SMILES string of the molecule is COCCCN(C)CCC(=O)Nc1ccc(N)cc1. The highest BCUT2D eigenvalue weighted by Gasteiger charge is 2.05. The third kappa shape index (κ3) is 6.79. The van der Waals surface area contributed by atoms with Crippen molar-refractivity contribution in [2.24, 2.45) is 0 Å². The molecule has 0 aliphatic rings. The van der Waals surface area contributed by atoms with Crippen LogP contribution in [0.15, 0.2) is 24.3 Å². The quantitative estimate of drug-likeness (QED) is 0.553. The second-order valence-electron chi connectivity index (χ2n) is 4.57. The number of benzene rings is 1. The van der Waals surface area contributed by atoms with Crippen molar-refractivity contribution < 1.29 is 9.53 Å². The van der Waals surface area contributed by atoms with Crippen molar-refractivity contribution in [2.45, 2.75) is 12.8 Å². The van der Waals surface area contributed by atoms with E-state index < -0.39 is 0 Å². The summed E-state index contributed by atoms with van der Waals surface area (Å²) in [5.41, 5.74) is 7.05. The van der Waals surface area contributed by atoms with Gasteiger partial charge in [0, 0.05) is 44.6 Å². The van der Waals surface area contributed by atoms with E-state index in [2.05, 4.69) is 10.2 Å². The van der Waals surface area contributed by atoms with Crippen LogP contribution in [0.1, 0.15) is 12.8 Å². The van der Waals surface area contributed by atoms with Crippen LogP contribution in [0.4, 0.5) is 11.4 Å². The fraction of sp³-hybridized carbons (Fsp3) is 0.500. The van der Waals surface area contributed by atoms with E-state index in [4.69, 9.17) is 10.5 Å². The fourth-order valence-corrected chi connectivity index (χ4v) is 1.67. The number of nitrogens with one attached hydrogen (secondary N) is 1. The Morgan fingerprint density at radius 1 is 1.32 bits per heavy atom. The van der Waals surface area contributed by atoms with Crippen molar-refractivity contribution in [3.63, 3.8) is 0 Å². The number of hydrogen-bond acceptors (Lipinski definition) is 4. The minimum Gasteiger partial charge on any atom is -0.399 e. The summed E-state index contributed by atoms with van der Waals surface area (Å²) in [6, 6.07) is 7.14. The van der Waals surface area contributed by atoms with Crippen LogP contribution in [0.25, 0.3) is 0 Å². The van der Waals surface area contributed by atoms with E-state index in [1.54, 1.807) is 31.4 Å². The number of methoxy groups -OCH3 is 1. The molecule has 0 atom stereocenters. The average molecular weight is 265 g/mol. The lowest BCUT2D eigenvalue weighted by Gasteiger charge is -2.15. The molecular weight excluding hydrogens is 242 g/mol. The number of nitrogen functional groups attached to an aromatic ring is 1. The highest BCUT2D eigenvalue weighted by atomic mass is 16.5. The predicted molar refractivity (Wildman–Crippen MR) is 78.1 cm³/mol. The minimum absolute atomic E-state index is 0.0170. The lowest BCUT2D eigenvalue weighted by molar-refractivity contribution is -0.116. The van der Waals surface area contributed by atoms with Crippen LogP contribution in [0.3, 0.4) is 0 Å². The van der Waals surface area contributed by atoms with Gasteiger partial charge in [-0.2, -0.15) is 0 Å². The first kappa shape index (κ1) is 15.5. The van der Waals surface area contributed by atoms with Crippen molar-refractivity contribution in [3.8, 4) is 0 Å². The molecule has 0 aliphatic carbocycles. The molecule has 0 bridgehead atoms. The summed E-state index contributed by atoms with van der Waals surface area (Å²) >= 11 is 0. The molecule has 0 aromatic heterocycles. The number of ether oxygens (including phenoxy) is 1. The van der Waals surface area contributed by atoms with E-state index in [9.17, 15) is 4.79 Å². The van der Waals surface area contributed by atoms with Gasteiger partial charge in [-0.25, -0.2) is 0 Å². The molecule has 5 heteroatoms. The van der Waals surface area contributed by atoms with Gasteiger partial charge in [0.1, 0.15) is 0 Å². The molecule has 0 heterocycles. The summed E-state index contributed by atoms with van der Waals surface area (Å²) in [6.07, 6.45) is 1.46. The van der Waals surface area contributed by atoms with Gasteiger partial charge < -0.3 is 20.7 Å². The molecule has 0 spiro atoms. The highest BCUT2D eigenvalue weighted by molar-refractivity contribution is 5.90. The van der Waals surface area contributed by atoms with Gasteiger partial charge in [-0.05, 0) is 37.7 Å². The average Bonchev–Trinajstić information content (AvgIpc) is 2.39. The van der Waals surface area contributed by atoms with Gasteiger partial charge in [0.15, 0.2) is 0 Å². The smallest absolute Gasteiger partial charge is 0.225 e. The number of carbonyl (C=O) groups excluding carboxylic acids is 1. The van der Waals surface area contributed by atoms with Gasteiger partial charge in [0.25, 0.3) is 0 Å². The number of amides is 1. The van der Waals surface area contributed by atoms with Crippen LogP contribution < -0.4 is 11.1 Å². The number of rotatable bonds is 8. The van der Waals surface area contributed by atoms with E-state index >= 15 is 0 Å². The van der Waals surface area contributed by atoms with Gasteiger partial charge in [-0.1, -0.05) is 0 Å². The Morgan fingerprint density at radius 2 is 2.00 bits per heavy atom. The first-order chi connectivity index (χ1) is 9.11. The van der Waals surface area contributed by atoms with E-state index in [0.717, 1.165) is 31.8 Å². The summed E-state index contributed by atoms with van der Waals surface area (Å²) in [5.74, 6) is 0.0170.